The van der Waals surface area contributed by atoms with E-state index in [9.17, 15) is 4.79 Å². The molecule has 8 heteroatoms. The minimum atomic E-state index is -0.0870. The van der Waals surface area contributed by atoms with Gasteiger partial charge in [0.25, 0.3) is 0 Å². The molecule has 7 nitrogen and oxygen atoms in total. The number of urea groups is 1. The molecule has 2 amide bonds. The van der Waals surface area contributed by atoms with Gasteiger partial charge in [0.05, 0.1) is 6.61 Å². The summed E-state index contributed by atoms with van der Waals surface area (Å²) >= 11 is 1.40. The second kappa shape index (κ2) is 8.91. The highest BCUT2D eigenvalue weighted by Gasteiger charge is 2.23. The normalized spacial score (nSPS) is 14.0. The van der Waals surface area contributed by atoms with Gasteiger partial charge in [-0.15, -0.1) is 0 Å². The monoisotopic (exact) mass is 409 g/mol. The molecule has 0 saturated carbocycles. The molecule has 1 saturated heterocycles. The number of piperazine rings is 1. The average Bonchev–Trinajstić information content (AvgIpc) is 3.26. The van der Waals surface area contributed by atoms with Gasteiger partial charge < -0.3 is 19.9 Å². The summed E-state index contributed by atoms with van der Waals surface area (Å²) in [5, 5.41) is 3.85. The van der Waals surface area contributed by atoms with E-state index >= 15 is 0 Å². The van der Waals surface area contributed by atoms with Crippen LogP contribution in [0.15, 0.2) is 54.6 Å². The molecule has 29 heavy (non-hydrogen) atoms. The second-order valence-corrected chi connectivity index (χ2v) is 7.36. The van der Waals surface area contributed by atoms with Crippen LogP contribution in [0.5, 0.6) is 5.75 Å². The van der Waals surface area contributed by atoms with E-state index in [1.165, 1.54) is 11.5 Å². The highest BCUT2D eigenvalue weighted by molar-refractivity contribution is 7.09. The van der Waals surface area contributed by atoms with E-state index in [1.54, 1.807) is 0 Å². The van der Waals surface area contributed by atoms with E-state index in [1.807, 2.05) is 66.4 Å². The number of carbonyl (C=O) groups is 1. The van der Waals surface area contributed by atoms with E-state index in [0.717, 1.165) is 41.0 Å². The quantitative estimate of drug-likeness (QED) is 0.691. The van der Waals surface area contributed by atoms with Gasteiger partial charge in [0, 0.05) is 49.0 Å². The minimum Gasteiger partial charge on any atom is -0.494 e. The topological polar surface area (TPSA) is 70.6 Å². The van der Waals surface area contributed by atoms with Crippen molar-refractivity contribution in [3.8, 4) is 17.1 Å². The largest absolute Gasteiger partial charge is 0.494 e. The van der Waals surface area contributed by atoms with Crippen molar-refractivity contribution in [3.63, 3.8) is 0 Å². The lowest BCUT2D eigenvalue weighted by molar-refractivity contribution is 0.208. The van der Waals surface area contributed by atoms with Crippen LogP contribution in [0.3, 0.4) is 0 Å². The summed E-state index contributed by atoms with van der Waals surface area (Å²) in [4.78, 5) is 21.2. The van der Waals surface area contributed by atoms with Gasteiger partial charge in [-0.1, -0.05) is 30.3 Å². The summed E-state index contributed by atoms with van der Waals surface area (Å²) < 4.78 is 9.90. The van der Waals surface area contributed by atoms with Crippen LogP contribution >= 0.6 is 11.5 Å². The van der Waals surface area contributed by atoms with Gasteiger partial charge in [-0.3, -0.25) is 0 Å². The van der Waals surface area contributed by atoms with Gasteiger partial charge >= 0.3 is 6.03 Å². The van der Waals surface area contributed by atoms with Crippen LogP contribution in [-0.2, 0) is 0 Å². The number of nitrogens with zero attached hydrogens (tertiary/aromatic N) is 4. The Morgan fingerprint density at radius 3 is 2.48 bits per heavy atom. The van der Waals surface area contributed by atoms with Gasteiger partial charge in [-0.2, -0.15) is 9.36 Å². The maximum absolute atomic E-state index is 12.6. The molecule has 2 aromatic carbocycles. The second-order valence-electron chi connectivity index (χ2n) is 6.63. The molecule has 1 fully saturated rings. The molecule has 1 aliphatic heterocycles. The van der Waals surface area contributed by atoms with Crippen molar-refractivity contribution < 1.29 is 9.53 Å². The molecule has 0 spiro atoms. The fourth-order valence-corrected chi connectivity index (χ4v) is 3.89. The van der Waals surface area contributed by atoms with Crippen LogP contribution in [0.4, 0.5) is 15.6 Å². The summed E-state index contributed by atoms with van der Waals surface area (Å²) in [5.74, 6) is 1.55. The number of aromatic nitrogens is 2. The number of hydrogen-bond donors (Lipinski definition) is 1. The Balaban J connectivity index is 1.31. The molecule has 0 aliphatic carbocycles. The van der Waals surface area contributed by atoms with Crippen LogP contribution in [0.25, 0.3) is 11.4 Å². The molecule has 3 aromatic rings. The fourth-order valence-electron chi connectivity index (χ4n) is 3.15. The van der Waals surface area contributed by atoms with Crippen LogP contribution in [0.2, 0.25) is 0 Å². The Morgan fingerprint density at radius 2 is 1.79 bits per heavy atom. The third-order valence-corrected chi connectivity index (χ3v) is 5.48. The summed E-state index contributed by atoms with van der Waals surface area (Å²) in [7, 11) is 0. The molecule has 1 aliphatic rings. The Labute approximate surface area is 174 Å². The predicted molar refractivity (Wildman–Crippen MR) is 116 cm³/mol. The third kappa shape index (κ3) is 4.65. The average molecular weight is 410 g/mol. The van der Waals surface area contributed by atoms with Crippen LogP contribution < -0.4 is 15.0 Å². The zero-order valence-electron chi connectivity index (χ0n) is 16.2. The number of benzene rings is 2. The van der Waals surface area contributed by atoms with Crippen LogP contribution in [0, 0.1) is 0 Å². The first-order valence-electron chi connectivity index (χ1n) is 9.66. The summed E-state index contributed by atoms with van der Waals surface area (Å²) in [5.41, 5.74) is 1.78. The Bertz CT molecular complexity index is 937. The number of ether oxygens (including phenoxy) is 1. The van der Waals surface area contributed by atoms with Crippen molar-refractivity contribution in [1.82, 2.24) is 14.3 Å². The van der Waals surface area contributed by atoms with E-state index < -0.39 is 0 Å². The zero-order chi connectivity index (χ0) is 20.1. The number of anilines is 2. The molecular formula is C21H23N5O2S. The number of nitrogens with one attached hydrogen (secondary N) is 1. The lowest BCUT2D eigenvalue weighted by Gasteiger charge is -2.34. The molecular weight excluding hydrogens is 386 g/mol. The third-order valence-electron chi connectivity index (χ3n) is 4.70. The SMILES string of the molecule is CCOc1ccc(NC(=O)N2CCN(c3nc(-c4ccccc4)ns3)CC2)cc1. The van der Waals surface area contributed by atoms with E-state index in [0.29, 0.717) is 19.7 Å². The van der Waals surface area contributed by atoms with Crippen molar-refractivity contribution >= 4 is 28.4 Å². The standard InChI is InChI=1S/C21H23N5O2S/c1-2-28-18-10-8-17(9-11-18)22-20(27)25-12-14-26(15-13-25)21-23-19(24-29-21)16-6-4-3-5-7-16/h3-11H,2,12-15H2,1H3,(H,22,27). The molecule has 0 bridgehead atoms. The Kier molecular flexibility index (Phi) is 5.90. The Morgan fingerprint density at radius 1 is 1.07 bits per heavy atom. The minimum absolute atomic E-state index is 0.0870. The molecule has 1 aromatic heterocycles. The van der Waals surface area contributed by atoms with Gasteiger partial charge in [-0.05, 0) is 31.2 Å². The lowest BCUT2D eigenvalue weighted by atomic mass is 10.2. The van der Waals surface area contributed by atoms with Crippen molar-refractivity contribution in [2.75, 3.05) is 43.0 Å². The molecule has 1 N–H and O–H groups in total. The summed E-state index contributed by atoms with van der Waals surface area (Å²) in [6, 6.07) is 17.3. The first-order chi connectivity index (χ1) is 14.2. The van der Waals surface area contributed by atoms with Crippen molar-refractivity contribution in [1.29, 1.82) is 0 Å². The van der Waals surface area contributed by atoms with Crippen LogP contribution in [0.1, 0.15) is 6.92 Å². The van der Waals surface area contributed by atoms with Gasteiger partial charge in [-0.25, -0.2) is 4.79 Å². The van der Waals surface area contributed by atoms with E-state index in [-0.39, 0.29) is 6.03 Å². The Hall–Kier alpha value is -3.13. The highest BCUT2D eigenvalue weighted by atomic mass is 32.1. The molecule has 150 valence electrons. The zero-order valence-corrected chi connectivity index (χ0v) is 17.1. The maximum atomic E-state index is 12.6. The molecule has 0 atom stereocenters. The van der Waals surface area contributed by atoms with E-state index in [4.69, 9.17) is 4.74 Å². The fraction of sp³-hybridized carbons (Fsp3) is 0.286. The number of rotatable bonds is 5. The molecule has 4 rings (SSSR count). The summed E-state index contributed by atoms with van der Waals surface area (Å²) in [6.45, 7) is 5.32. The lowest BCUT2D eigenvalue weighted by Crippen LogP contribution is -2.50. The first kappa shape index (κ1) is 19.2. The molecule has 2 heterocycles. The van der Waals surface area contributed by atoms with Crippen molar-refractivity contribution in [2.24, 2.45) is 0 Å². The predicted octanol–water partition coefficient (Wildman–Crippen LogP) is 3.96. The van der Waals surface area contributed by atoms with Gasteiger partial charge in [0.2, 0.25) is 5.13 Å². The smallest absolute Gasteiger partial charge is 0.321 e. The summed E-state index contributed by atoms with van der Waals surface area (Å²) in [6.07, 6.45) is 0. The van der Waals surface area contributed by atoms with Crippen molar-refractivity contribution in [2.45, 2.75) is 6.92 Å². The van der Waals surface area contributed by atoms with Gasteiger partial charge in [0.1, 0.15) is 5.75 Å². The molecule has 0 unspecified atom stereocenters. The molecule has 0 radical (unpaired) electrons. The van der Waals surface area contributed by atoms with Crippen molar-refractivity contribution in [3.05, 3.63) is 54.6 Å². The first-order valence-corrected chi connectivity index (χ1v) is 10.4. The number of amides is 2. The van der Waals surface area contributed by atoms with E-state index in [2.05, 4.69) is 19.6 Å². The highest BCUT2D eigenvalue weighted by Crippen LogP contribution is 2.25. The number of carbonyl (C=O) groups excluding carboxylic acids is 1. The maximum Gasteiger partial charge on any atom is 0.321 e. The van der Waals surface area contributed by atoms with Crippen LogP contribution in [-0.4, -0.2) is 53.1 Å². The van der Waals surface area contributed by atoms with Gasteiger partial charge in [0.15, 0.2) is 5.82 Å². The number of hydrogen-bond acceptors (Lipinski definition) is 6.